The van der Waals surface area contributed by atoms with E-state index in [9.17, 15) is 14.4 Å². The topological polar surface area (TPSA) is 81.8 Å². The average Bonchev–Trinajstić information content (AvgIpc) is 2.85. The first-order valence-corrected chi connectivity index (χ1v) is 9.08. The Morgan fingerprint density at radius 3 is 2.56 bits per heavy atom. The van der Waals surface area contributed by atoms with Crippen LogP contribution >= 0.6 is 15.9 Å². The predicted molar refractivity (Wildman–Crippen MR) is 97.2 cm³/mol. The SMILES string of the molecule is CC1(CCC(=O)N2CCN(c3cccc(Br)c3)CC2)NC(=O)NC1=O. The summed E-state index contributed by atoms with van der Waals surface area (Å²) >= 11 is 3.48. The first-order valence-electron chi connectivity index (χ1n) is 8.29. The van der Waals surface area contributed by atoms with Crippen LogP contribution in [0.2, 0.25) is 0 Å². The fourth-order valence-corrected chi connectivity index (χ4v) is 3.54. The number of rotatable bonds is 4. The van der Waals surface area contributed by atoms with Crippen molar-refractivity contribution in [3.05, 3.63) is 28.7 Å². The summed E-state index contributed by atoms with van der Waals surface area (Å²) in [6.07, 6.45) is 0.538. The van der Waals surface area contributed by atoms with Gasteiger partial charge in [0.25, 0.3) is 5.91 Å². The maximum absolute atomic E-state index is 12.4. The summed E-state index contributed by atoms with van der Waals surface area (Å²) in [6.45, 7) is 4.50. The molecule has 7 nitrogen and oxygen atoms in total. The Morgan fingerprint density at radius 2 is 1.96 bits per heavy atom. The van der Waals surface area contributed by atoms with Gasteiger partial charge in [-0.3, -0.25) is 14.9 Å². The van der Waals surface area contributed by atoms with Gasteiger partial charge < -0.3 is 15.1 Å². The molecule has 0 bridgehead atoms. The van der Waals surface area contributed by atoms with Crippen LogP contribution in [0.4, 0.5) is 10.5 Å². The van der Waals surface area contributed by atoms with Gasteiger partial charge >= 0.3 is 6.03 Å². The zero-order valence-electron chi connectivity index (χ0n) is 14.0. The van der Waals surface area contributed by atoms with Crippen molar-refractivity contribution in [2.75, 3.05) is 31.1 Å². The number of hydrogen-bond acceptors (Lipinski definition) is 4. The number of hydrogen-bond donors (Lipinski definition) is 2. The molecular formula is C17H21BrN4O3. The molecule has 3 rings (SSSR count). The smallest absolute Gasteiger partial charge is 0.322 e. The summed E-state index contributed by atoms with van der Waals surface area (Å²) in [5.41, 5.74) is 0.143. The highest BCUT2D eigenvalue weighted by atomic mass is 79.9. The van der Waals surface area contributed by atoms with Crippen LogP contribution in [0, 0.1) is 0 Å². The molecule has 8 heteroatoms. The summed E-state index contributed by atoms with van der Waals surface area (Å²) in [5.74, 6) is -0.353. The van der Waals surface area contributed by atoms with Gasteiger partial charge in [-0.1, -0.05) is 22.0 Å². The third-order valence-electron chi connectivity index (χ3n) is 4.76. The van der Waals surface area contributed by atoms with Crippen molar-refractivity contribution < 1.29 is 14.4 Å². The normalized spacial score (nSPS) is 23.4. The lowest BCUT2D eigenvalue weighted by atomic mass is 9.96. The minimum atomic E-state index is -0.995. The van der Waals surface area contributed by atoms with Crippen LogP contribution in [0.1, 0.15) is 19.8 Å². The molecule has 2 aliphatic rings. The lowest BCUT2D eigenvalue weighted by Crippen LogP contribution is -2.50. The average molecular weight is 409 g/mol. The third kappa shape index (κ3) is 3.95. The second-order valence-corrected chi connectivity index (χ2v) is 7.50. The highest BCUT2D eigenvalue weighted by molar-refractivity contribution is 9.10. The maximum Gasteiger partial charge on any atom is 0.322 e. The standard InChI is InChI=1S/C17H21BrN4O3/c1-17(15(24)19-16(25)20-17)6-5-14(23)22-9-7-21(8-10-22)13-4-2-3-12(18)11-13/h2-4,11H,5-10H2,1H3,(H2,19,20,24,25). The number of urea groups is 1. The van der Waals surface area contributed by atoms with E-state index in [2.05, 4.69) is 43.6 Å². The first-order chi connectivity index (χ1) is 11.9. The molecule has 1 aromatic rings. The quantitative estimate of drug-likeness (QED) is 0.739. The van der Waals surface area contributed by atoms with Gasteiger partial charge in [-0.25, -0.2) is 4.79 Å². The van der Waals surface area contributed by atoms with Crippen molar-refractivity contribution in [2.45, 2.75) is 25.3 Å². The van der Waals surface area contributed by atoms with E-state index in [-0.39, 0.29) is 18.2 Å². The van der Waals surface area contributed by atoms with E-state index in [1.54, 1.807) is 6.92 Å². The summed E-state index contributed by atoms with van der Waals surface area (Å²) in [7, 11) is 0. The van der Waals surface area contributed by atoms with Gasteiger partial charge in [0, 0.05) is 42.8 Å². The number of nitrogens with one attached hydrogen (secondary N) is 2. The minimum Gasteiger partial charge on any atom is -0.368 e. The molecule has 0 spiro atoms. The molecule has 2 fully saturated rings. The van der Waals surface area contributed by atoms with Gasteiger partial charge in [0.2, 0.25) is 5.91 Å². The van der Waals surface area contributed by atoms with Crippen LogP contribution < -0.4 is 15.5 Å². The number of amides is 4. The second-order valence-electron chi connectivity index (χ2n) is 6.59. The molecule has 1 aromatic carbocycles. The van der Waals surface area contributed by atoms with Crippen LogP contribution in [-0.2, 0) is 9.59 Å². The van der Waals surface area contributed by atoms with Crippen LogP contribution in [-0.4, -0.2) is 54.5 Å². The van der Waals surface area contributed by atoms with Gasteiger partial charge in [-0.05, 0) is 31.5 Å². The van der Waals surface area contributed by atoms with Crippen LogP contribution in [0.3, 0.4) is 0 Å². The Labute approximate surface area is 154 Å². The molecule has 0 aliphatic carbocycles. The summed E-state index contributed by atoms with van der Waals surface area (Å²) < 4.78 is 1.04. The van der Waals surface area contributed by atoms with E-state index in [0.29, 0.717) is 19.5 Å². The van der Waals surface area contributed by atoms with Crippen molar-refractivity contribution in [3.8, 4) is 0 Å². The number of piperazine rings is 1. The van der Waals surface area contributed by atoms with Gasteiger partial charge in [0.1, 0.15) is 5.54 Å². The Balaban J connectivity index is 1.50. The molecule has 4 amide bonds. The largest absolute Gasteiger partial charge is 0.368 e. The minimum absolute atomic E-state index is 0.0177. The Bertz CT molecular complexity index is 703. The molecule has 2 heterocycles. The third-order valence-corrected chi connectivity index (χ3v) is 5.26. The maximum atomic E-state index is 12.4. The number of anilines is 1. The Morgan fingerprint density at radius 1 is 1.24 bits per heavy atom. The van der Waals surface area contributed by atoms with E-state index in [4.69, 9.17) is 0 Å². The molecule has 1 unspecified atom stereocenters. The molecule has 2 saturated heterocycles. The molecule has 1 atom stereocenters. The van der Waals surface area contributed by atoms with Crippen molar-refractivity contribution in [1.82, 2.24) is 15.5 Å². The van der Waals surface area contributed by atoms with Gasteiger partial charge in [-0.15, -0.1) is 0 Å². The van der Waals surface area contributed by atoms with Crippen LogP contribution in [0.15, 0.2) is 28.7 Å². The molecular weight excluding hydrogens is 388 g/mol. The molecule has 134 valence electrons. The zero-order chi connectivity index (χ0) is 18.0. The number of imide groups is 1. The number of benzene rings is 1. The fraction of sp³-hybridized carbons (Fsp3) is 0.471. The molecule has 2 N–H and O–H groups in total. The van der Waals surface area contributed by atoms with Gasteiger partial charge in [0.15, 0.2) is 0 Å². The van der Waals surface area contributed by atoms with Crippen molar-refractivity contribution in [3.63, 3.8) is 0 Å². The van der Waals surface area contributed by atoms with Gasteiger partial charge in [-0.2, -0.15) is 0 Å². The second kappa shape index (κ2) is 7.03. The lowest BCUT2D eigenvalue weighted by Gasteiger charge is -2.36. The summed E-state index contributed by atoms with van der Waals surface area (Å²) in [5, 5.41) is 4.80. The number of carbonyl (C=O) groups excluding carboxylic acids is 3. The van der Waals surface area contributed by atoms with E-state index < -0.39 is 11.6 Å². The van der Waals surface area contributed by atoms with Crippen molar-refractivity contribution in [1.29, 1.82) is 0 Å². The van der Waals surface area contributed by atoms with Gasteiger partial charge in [0.05, 0.1) is 0 Å². The van der Waals surface area contributed by atoms with E-state index >= 15 is 0 Å². The number of nitrogens with zero attached hydrogens (tertiary/aromatic N) is 2. The number of halogens is 1. The summed E-state index contributed by atoms with van der Waals surface area (Å²) in [4.78, 5) is 39.6. The van der Waals surface area contributed by atoms with E-state index in [0.717, 1.165) is 23.2 Å². The molecule has 0 aromatic heterocycles. The Kier molecular flexibility index (Phi) is 4.99. The zero-order valence-corrected chi connectivity index (χ0v) is 15.6. The fourth-order valence-electron chi connectivity index (χ4n) is 3.16. The van der Waals surface area contributed by atoms with E-state index in [1.807, 2.05) is 17.0 Å². The van der Waals surface area contributed by atoms with Crippen molar-refractivity contribution >= 4 is 39.5 Å². The monoisotopic (exact) mass is 408 g/mol. The predicted octanol–water partition coefficient (Wildman–Crippen LogP) is 1.48. The van der Waals surface area contributed by atoms with Crippen molar-refractivity contribution in [2.24, 2.45) is 0 Å². The highest BCUT2D eigenvalue weighted by Gasteiger charge is 2.42. The molecule has 25 heavy (non-hydrogen) atoms. The summed E-state index contributed by atoms with van der Waals surface area (Å²) in [6, 6.07) is 7.62. The Hall–Kier alpha value is -2.09. The first kappa shape index (κ1) is 17.7. The van der Waals surface area contributed by atoms with Crippen LogP contribution in [0.5, 0.6) is 0 Å². The molecule has 2 aliphatic heterocycles. The lowest BCUT2D eigenvalue weighted by molar-refractivity contribution is -0.132. The van der Waals surface area contributed by atoms with Crippen LogP contribution in [0.25, 0.3) is 0 Å². The highest BCUT2D eigenvalue weighted by Crippen LogP contribution is 2.22. The molecule has 0 saturated carbocycles. The van der Waals surface area contributed by atoms with E-state index in [1.165, 1.54) is 0 Å². The molecule has 0 radical (unpaired) electrons. The number of carbonyl (C=O) groups is 3.